The summed E-state index contributed by atoms with van der Waals surface area (Å²) in [5.41, 5.74) is 8.59. The van der Waals surface area contributed by atoms with E-state index < -0.39 is 0 Å². The number of anilines is 1. The van der Waals surface area contributed by atoms with E-state index in [1.165, 1.54) is 43.4 Å². The Hall–Kier alpha value is -1.02. The standard InChI is InChI=1S/C19H30N4O.HI/c1-22(17-5-3-2-4-6-17)18-9-7-16(8-10-18)15-21-19(20)23-11-13-24-14-12-23;/h7-10,17H,2-6,11-15H2,1H3,(H2,20,21);1H. The summed E-state index contributed by atoms with van der Waals surface area (Å²) in [4.78, 5) is 9.06. The molecule has 5 nitrogen and oxygen atoms in total. The molecule has 140 valence electrons. The summed E-state index contributed by atoms with van der Waals surface area (Å²) in [6.45, 7) is 3.77. The normalized spacial score (nSPS) is 19.4. The number of hydrogen-bond acceptors (Lipinski definition) is 3. The number of nitrogens with zero attached hydrogens (tertiary/aromatic N) is 3. The lowest BCUT2D eigenvalue weighted by molar-refractivity contribution is 0.0674. The zero-order valence-electron chi connectivity index (χ0n) is 15.2. The van der Waals surface area contributed by atoms with Crippen molar-refractivity contribution in [3.05, 3.63) is 29.8 Å². The second-order valence-corrected chi connectivity index (χ2v) is 6.84. The average Bonchev–Trinajstić information content (AvgIpc) is 2.67. The third kappa shape index (κ3) is 5.74. The van der Waals surface area contributed by atoms with Crippen molar-refractivity contribution in [1.82, 2.24) is 4.90 Å². The van der Waals surface area contributed by atoms with Crippen molar-refractivity contribution in [3.8, 4) is 0 Å². The number of nitrogens with two attached hydrogens (primary N) is 1. The molecule has 6 heteroatoms. The highest BCUT2D eigenvalue weighted by Gasteiger charge is 2.18. The van der Waals surface area contributed by atoms with Crippen LogP contribution in [0.25, 0.3) is 0 Å². The molecule has 0 aromatic heterocycles. The van der Waals surface area contributed by atoms with Crippen molar-refractivity contribution in [2.24, 2.45) is 10.7 Å². The molecule has 1 saturated heterocycles. The zero-order valence-corrected chi connectivity index (χ0v) is 17.5. The summed E-state index contributed by atoms with van der Waals surface area (Å²) in [7, 11) is 2.22. The predicted molar refractivity (Wildman–Crippen MR) is 115 cm³/mol. The lowest BCUT2D eigenvalue weighted by atomic mass is 9.94. The number of benzene rings is 1. The highest BCUT2D eigenvalue weighted by molar-refractivity contribution is 14.0. The molecular weight excluding hydrogens is 427 g/mol. The molecule has 0 amide bonds. The van der Waals surface area contributed by atoms with Crippen molar-refractivity contribution >= 4 is 35.6 Å². The predicted octanol–water partition coefficient (Wildman–Crippen LogP) is 3.22. The van der Waals surface area contributed by atoms with Gasteiger partial charge in [-0.25, -0.2) is 4.99 Å². The number of halogens is 1. The molecule has 1 aromatic rings. The highest BCUT2D eigenvalue weighted by Crippen LogP contribution is 2.26. The van der Waals surface area contributed by atoms with Gasteiger partial charge in [0, 0.05) is 31.9 Å². The average molecular weight is 458 g/mol. The van der Waals surface area contributed by atoms with Crippen LogP contribution in [-0.2, 0) is 11.3 Å². The molecule has 2 N–H and O–H groups in total. The molecule has 1 aromatic carbocycles. The van der Waals surface area contributed by atoms with Crippen LogP contribution in [0.4, 0.5) is 5.69 Å². The van der Waals surface area contributed by atoms with Gasteiger partial charge in [0.15, 0.2) is 5.96 Å². The Morgan fingerprint density at radius 3 is 2.44 bits per heavy atom. The summed E-state index contributed by atoms with van der Waals surface area (Å²) in [6, 6.07) is 9.46. The van der Waals surface area contributed by atoms with Crippen LogP contribution in [0.2, 0.25) is 0 Å². The Morgan fingerprint density at radius 2 is 1.80 bits per heavy atom. The van der Waals surface area contributed by atoms with Crippen LogP contribution >= 0.6 is 24.0 Å². The van der Waals surface area contributed by atoms with Crippen LogP contribution in [0.15, 0.2) is 29.3 Å². The van der Waals surface area contributed by atoms with Gasteiger partial charge in [-0.2, -0.15) is 0 Å². The topological polar surface area (TPSA) is 54.1 Å². The molecule has 1 heterocycles. The van der Waals surface area contributed by atoms with E-state index in [0.717, 1.165) is 26.3 Å². The summed E-state index contributed by atoms with van der Waals surface area (Å²) >= 11 is 0. The van der Waals surface area contributed by atoms with E-state index in [0.29, 0.717) is 18.5 Å². The van der Waals surface area contributed by atoms with Gasteiger partial charge in [0.1, 0.15) is 0 Å². The van der Waals surface area contributed by atoms with E-state index in [4.69, 9.17) is 10.5 Å². The Bertz CT molecular complexity index is 537. The molecule has 1 aliphatic carbocycles. The first-order valence-electron chi connectivity index (χ1n) is 9.18. The fraction of sp³-hybridized carbons (Fsp3) is 0.632. The Labute approximate surface area is 168 Å². The maximum absolute atomic E-state index is 6.08. The largest absolute Gasteiger partial charge is 0.378 e. The van der Waals surface area contributed by atoms with E-state index in [9.17, 15) is 0 Å². The monoisotopic (exact) mass is 458 g/mol. The van der Waals surface area contributed by atoms with E-state index in [-0.39, 0.29) is 24.0 Å². The molecule has 1 saturated carbocycles. The minimum Gasteiger partial charge on any atom is -0.378 e. The van der Waals surface area contributed by atoms with Gasteiger partial charge in [-0.15, -0.1) is 24.0 Å². The van der Waals surface area contributed by atoms with E-state index in [1.54, 1.807) is 0 Å². The molecule has 2 aliphatic rings. The number of aliphatic imine (C=N–C) groups is 1. The van der Waals surface area contributed by atoms with Gasteiger partial charge in [0.25, 0.3) is 0 Å². The van der Waals surface area contributed by atoms with E-state index >= 15 is 0 Å². The third-order valence-corrected chi connectivity index (χ3v) is 5.22. The number of rotatable bonds is 4. The van der Waals surface area contributed by atoms with Crippen molar-refractivity contribution in [1.29, 1.82) is 0 Å². The Balaban J connectivity index is 0.00000225. The molecular formula is C19H31IN4O. The molecule has 0 radical (unpaired) electrons. The summed E-state index contributed by atoms with van der Waals surface area (Å²) in [5, 5.41) is 0. The maximum atomic E-state index is 6.08. The number of guanidine groups is 1. The van der Waals surface area contributed by atoms with Crippen molar-refractivity contribution in [2.45, 2.75) is 44.7 Å². The van der Waals surface area contributed by atoms with Gasteiger partial charge in [0.2, 0.25) is 0 Å². The molecule has 0 atom stereocenters. The van der Waals surface area contributed by atoms with Crippen molar-refractivity contribution < 1.29 is 4.74 Å². The van der Waals surface area contributed by atoms with Crippen LogP contribution in [-0.4, -0.2) is 50.3 Å². The molecule has 0 bridgehead atoms. The number of hydrogen-bond donors (Lipinski definition) is 1. The Kier molecular flexibility index (Phi) is 8.29. The molecule has 0 spiro atoms. The van der Waals surface area contributed by atoms with Gasteiger partial charge in [-0.1, -0.05) is 31.4 Å². The van der Waals surface area contributed by atoms with Crippen LogP contribution in [0, 0.1) is 0 Å². The third-order valence-electron chi connectivity index (χ3n) is 5.22. The van der Waals surface area contributed by atoms with E-state index in [1.807, 2.05) is 0 Å². The molecule has 1 aliphatic heterocycles. The first kappa shape index (κ1) is 20.3. The van der Waals surface area contributed by atoms with Gasteiger partial charge in [-0.05, 0) is 30.5 Å². The van der Waals surface area contributed by atoms with Crippen LogP contribution < -0.4 is 10.6 Å². The first-order chi connectivity index (χ1) is 11.7. The second-order valence-electron chi connectivity index (χ2n) is 6.84. The fourth-order valence-corrected chi connectivity index (χ4v) is 3.58. The molecule has 0 unspecified atom stereocenters. The van der Waals surface area contributed by atoms with Crippen LogP contribution in [0.5, 0.6) is 0 Å². The van der Waals surface area contributed by atoms with Crippen LogP contribution in [0.3, 0.4) is 0 Å². The Morgan fingerprint density at radius 1 is 1.16 bits per heavy atom. The fourth-order valence-electron chi connectivity index (χ4n) is 3.58. The number of morpholine rings is 1. The summed E-state index contributed by atoms with van der Waals surface area (Å²) in [6.07, 6.45) is 6.76. The molecule has 3 rings (SSSR count). The van der Waals surface area contributed by atoms with Crippen molar-refractivity contribution in [2.75, 3.05) is 38.3 Å². The molecule has 2 fully saturated rings. The lowest BCUT2D eigenvalue weighted by Crippen LogP contribution is -2.44. The van der Waals surface area contributed by atoms with Gasteiger partial charge >= 0.3 is 0 Å². The highest BCUT2D eigenvalue weighted by atomic mass is 127. The second kappa shape index (κ2) is 10.2. The van der Waals surface area contributed by atoms with Crippen LogP contribution in [0.1, 0.15) is 37.7 Å². The van der Waals surface area contributed by atoms with E-state index in [2.05, 4.69) is 46.1 Å². The first-order valence-corrected chi connectivity index (χ1v) is 9.18. The zero-order chi connectivity index (χ0) is 16.8. The van der Waals surface area contributed by atoms with Gasteiger partial charge < -0.3 is 20.3 Å². The summed E-state index contributed by atoms with van der Waals surface area (Å²) < 4.78 is 5.34. The lowest BCUT2D eigenvalue weighted by Gasteiger charge is -2.33. The smallest absolute Gasteiger partial charge is 0.191 e. The quantitative estimate of drug-likeness (QED) is 0.428. The van der Waals surface area contributed by atoms with Crippen molar-refractivity contribution in [3.63, 3.8) is 0 Å². The maximum Gasteiger partial charge on any atom is 0.191 e. The van der Waals surface area contributed by atoms with Gasteiger partial charge in [0.05, 0.1) is 19.8 Å². The van der Waals surface area contributed by atoms with Gasteiger partial charge in [-0.3, -0.25) is 0 Å². The number of ether oxygens (including phenoxy) is 1. The SMILES string of the molecule is CN(c1ccc(CN=C(N)N2CCOCC2)cc1)C1CCCCC1.I. The minimum atomic E-state index is 0. The molecule has 25 heavy (non-hydrogen) atoms. The summed E-state index contributed by atoms with van der Waals surface area (Å²) in [5.74, 6) is 0.627. The minimum absolute atomic E-state index is 0.